The Balaban J connectivity index is 1.75. The van der Waals surface area contributed by atoms with Crippen LogP contribution in [0.5, 0.6) is 5.75 Å². The maximum atomic E-state index is 12.5. The summed E-state index contributed by atoms with van der Waals surface area (Å²) < 4.78 is 33.2. The fraction of sp³-hybridized carbons (Fsp3) is 0.0588. The molecule has 9 heteroatoms. The van der Waals surface area contributed by atoms with Crippen molar-refractivity contribution in [2.75, 3.05) is 11.8 Å². The molecule has 0 atom stereocenters. The number of hydrogen-bond acceptors (Lipinski definition) is 6. The zero-order valence-corrected chi connectivity index (χ0v) is 15.3. The number of nitrogens with zero attached hydrogens (tertiary/aromatic N) is 2. The van der Waals surface area contributed by atoms with Gasteiger partial charge in [0.1, 0.15) is 15.5 Å². The Labute approximate surface area is 153 Å². The van der Waals surface area contributed by atoms with Crippen LogP contribution in [0.4, 0.5) is 5.69 Å². The first-order valence-corrected chi connectivity index (χ1v) is 9.98. The molecule has 26 heavy (non-hydrogen) atoms. The summed E-state index contributed by atoms with van der Waals surface area (Å²) in [6.45, 7) is 0. The number of sulfonamides is 1. The van der Waals surface area contributed by atoms with E-state index in [1.165, 1.54) is 7.11 Å². The summed E-state index contributed by atoms with van der Waals surface area (Å²) in [5.74, 6) is 0.421. The fourth-order valence-electron chi connectivity index (χ4n) is 2.53. The molecule has 4 rings (SSSR count). The number of aromatic nitrogens is 3. The molecule has 132 valence electrons. The molecule has 0 bridgehead atoms. The van der Waals surface area contributed by atoms with Gasteiger partial charge >= 0.3 is 0 Å². The van der Waals surface area contributed by atoms with E-state index in [1.54, 1.807) is 42.0 Å². The Kier molecular flexibility index (Phi) is 4.09. The number of benzene rings is 1. The van der Waals surface area contributed by atoms with Gasteiger partial charge in [0, 0.05) is 11.8 Å². The van der Waals surface area contributed by atoms with Crippen LogP contribution in [-0.2, 0) is 10.0 Å². The lowest BCUT2D eigenvalue weighted by atomic mass is 10.1. The van der Waals surface area contributed by atoms with E-state index in [-0.39, 0.29) is 4.21 Å². The van der Waals surface area contributed by atoms with Crippen molar-refractivity contribution in [3.05, 3.63) is 54.2 Å². The predicted octanol–water partition coefficient (Wildman–Crippen LogP) is 3.50. The number of thiophene rings is 1. The van der Waals surface area contributed by atoms with E-state index in [4.69, 9.17) is 4.74 Å². The first-order valence-electron chi connectivity index (χ1n) is 7.62. The third kappa shape index (κ3) is 3.02. The van der Waals surface area contributed by atoms with E-state index in [0.29, 0.717) is 22.8 Å². The van der Waals surface area contributed by atoms with Crippen LogP contribution in [0.2, 0.25) is 0 Å². The number of fused-ring (bicyclic) bond motifs is 1. The van der Waals surface area contributed by atoms with Crippen molar-refractivity contribution in [3.8, 4) is 17.0 Å². The Morgan fingerprint density at radius 1 is 1.23 bits per heavy atom. The molecule has 0 radical (unpaired) electrons. The van der Waals surface area contributed by atoms with Crippen LogP contribution in [-0.4, -0.2) is 30.5 Å². The molecule has 4 aromatic rings. The lowest BCUT2D eigenvalue weighted by Gasteiger charge is -2.12. The molecule has 0 aliphatic heterocycles. The standard InChI is InChI=1S/C17H14N4O3S2/c1-24-15-5-4-11(14-10-19-17-12(20-14)6-7-18-17)9-13(15)21-26(22,23)16-3-2-8-25-16/h2-10,21H,1H3,(H,18,19). The monoisotopic (exact) mass is 386 g/mol. The van der Waals surface area contributed by atoms with Crippen LogP contribution < -0.4 is 9.46 Å². The lowest BCUT2D eigenvalue weighted by molar-refractivity contribution is 0.417. The molecule has 3 heterocycles. The van der Waals surface area contributed by atoms with E-state index < -0.39 is 10.0 Å². The summed E-state index contributed by atoms with van der Waals surface area (Å²) in [5, 5.41) is 1.71. The van der Waals surface area contributed by atoms with Crippen LogP contribution in [0.15, 0.2) is 58.4 Å². The first-order chi connectivity index (χ1) is 12.6. The van der Waals surface area contributed by atoms with E-state index in [1.807, 2.05) is 12.1 Å². The zero-order valence-electron chi connectivity index (χ0n) is 13.6. The third-order valence-corrected chi connectivity index (χ3v) is 6.52. The highest BCUT2D eigenvalue weighted by atomic mass is 32.2. The van der Waals surface area contributed by atoms with Gasteiger partial charge in [0.15, 0.2) is 5.65 Å². The van der Waals surface area contributed by atoms with Gasteiger partial charge in [0.05, 0.1) is 24.7 Å². The molecule has 0 amide bonds. The second-order valence-electron chi connectivity index (χ2n) is 5.42. The maximum Gasteiger partial charge on any atom is 0.271 e. The molecule has 2 N–H and O–H groups in total. The number of aromatic amines is 1. The fourth-order valence-corrected chi connectivity index (χ4v) is 4.58. The average molecular weight is 386 g/mol. The number of anilines is 1. The minimum absolute atomic E-state index is 0.235. The third-order valence-electron chi connectivity index (χ3n) is 3.76. The molecular formula is C17H14N4O3S2. The van der Waals surface area contributed by atoms with Crippen molar-refractivity contribution in [2.24, 2.45) is 0 Å². The molecule has 0 spiro atoms. The minimum Gasteiger partial charge on any atom is -0.495 e. The highest BCUT2D eigenvalue weighted by molar-refractivity contribution is 7.94. The highest BCUT2D eigenvalue weighted by Gasteiger charge is 2.18. The quantitative estimate of drug-likeness (QED) is 0.547. The van der Waals surface area contributed by atoms with Crippen molar-refractivity contribution in [2.45, 2.75) is 4.21 Å². The largest absolute Gasteiger partial charge is 0.495 e. The Hall–Kier alpha value is -2.91. The minimum atomic E-state index is -3.68. The topological polar surface area (TPSA) is 97.0 Å². The van der Waals surface area contributed by atoms with Crippen LogP contribution in [0.25, 0.3) is 22.4 Å². The van der Waals surface area contributed by atoms with E-state index >= 15 is 0 Å². The smallest absolute Gasteiger partial charge is 0.271 e. The normalized spacial score (nSPS) is 11.6. The van der Waals surface area contributed by atoms with Crippen LogP contribution in [0.3, 0.4) is 0 Å². The van der Waals surface area contributed by atoms with Crippen molar-refractivity contribution in [3.63, 3.8) is 0 Å². The summed E-state index contributed by atoms with van der Waals surface area (Å²) in [6, 6.07) is 10.3. The lowest BCUT2D eigenvalue weighted by Crippen LogP contribution is -2.12. The summed E-state index contributed by atoms with van der Waals surface area (Å²) in [4.78, 5) is 11.8. The number of rotatable bonds is 5. The summed E-state index contributed by atoms with van der Waals surface area (Å²) in [7, 11) is -2.19. The van der Waals surface area contributed by atoms with Gasteiger partial charge in [0.25, 0.3) is 10.0 Å². The van der Waals surface area contributed by atoms with Gasteiger partial charge in [-0.05, 0) is 35.7 Å². The Morgan fingerprint density at radius 3 is 2.88 bits per heavy atom. The average Bonchev–Trinajstić information content (AvgIpc) is 3.32. The molecule has 1 aromatic carbocycles. The van der Waals surface area contributed by atoms with Crippen LogP contribution in [0, 0.1) is 0 Å². The van der Waals surface area contributed by atoms with Crippen molar-refractivity contribution in [1.29, 1.82) is 0 Å². The van der Waals surface area contributed by atoms with Crippen molar-refractivity contribution >= 4 is 38.2 Å². The summed E-state index contributed by atoms with van der Waals surface area (Å²) >= 11 is 1.15. The van der Waals surface area contributed by atoms with Crippen LogP contribution >= 0.6 is 11.3 Å². The van der Waals surface area contributed by atoms with Gasteiger partial charge in [-0.3, -0.25) is 4.72 Å². The Bertz CT molecular complexity index is 1170. The Morgan fingerprint density at radius 2 is 2.12 bits per heavy atom. The van der Waals surface area contributed by atoms with Crippen molar-refractivity contribution < 1.29 is 13.2 Å². The molecule has 0 saturated carbocycles. The molecule has 3 aromatic heterocycles. The second kappa shape index (κ2) is 6.43. The number of hydrogen-bond donors (Lipinski definition) is 2. The van der Waals surface area contributed by atoms with E-state index in [9.17, 15) is 8.42 Å². The van der Waals surface area contributed by atoms with Crippen LogP contribution in [0.1, 0.15) is 0 Å². The second-order valence-corrected chi connectivity index (χ2v) is 8.28. The molecule has 0 aliphatic rings. The highest BCUT2D eigenvalue weighted by Crippen LogP contribution is 2.32. The number of nitrogens with one attached hydrogen (secondary N) is 2. The predicted molar refractivity (Wildman–Crippen MR) is 101 cm³/mol. The molecule has 0 fully saturated rings. The van der Waals surface area contributed by atoms with Gasteiger partial charge < -0.3 is 9.72 Å². The van der Waals surface area contributed by atoms with Gasteiger partial charge in [-0.25, -0.2) is 18.4 Å². The number of ether oxygens (including phenoxy) is 1. The SMILES string of the molecule is COc1ccc(-c2cnc3[nH]ccc3n2)cc1NS(=O)(=O)c1cccs1. The van der Waals surface area contributed by atoms with Gasteiger partial charge in [0.2, 0.25) is 0 Å². The molecule has 0 aliphatic carbocycles. The van der Waals surface area contributed by atoms with Gasteiger partial charge in [-0.15, -0.1) is 11.3 Å². The number of methoxy groups -OCH3 is 1. The summed E-state index contributed by atoms with van der Waals surface area (Å²) in [5.41, 5.74) is 3.14. The molecular weight excluding hydrogens is 372 g/mol. The summed E-state index contributed by atoms with van der Waals surface area (Å²) in [6.07, 6.45) is 3.40. The van der Waals surface area contributed by atoms with Gasteiger partial charge in [-0.2, -0.15) is 0 Å². The first kappa shape index (κ1) is 16.6. The van der Waals surface area contributed by atoms with E-state index in [0.717, 1.165) is 22.4 Å². The molecule has 0 unspecified atom stereocenters. The number of H-pyrrole nitrogens is 1. The van der Waals surface area contributed by atoms with E-state index in [2.05, 4.69) is 19.7 Å². The maximum absolute atomic E-state index is 12.5. The zero-order chi connectivity index (χ0) is 18.1. The van der Waals surface area contributed by atoms with Crippen molar-refractivity contribution in [1.82, 2.24) is 15.0 Å². The molecule has 0 saturated heterocycles. The van der Waals surface area contributed by atoms with Gasteiger partial charge in [-0.1, -0.05) is 6.07 Å². The molecule has 7 nitrogen and oxygen atoms in total.